The van der Waals surface area contributed by atoms with Crippen molar-refractivity contribution in [3.05, 3.63) is 234 Å². The number of rotatable bonds is 19. The van der Waals surface area contributed by atoms with Gasteiger partial charge in [0.2, 0.25) is 17.1 Å². The summed E-state index contributed by atoms with van der Waals surface area (Å²) < 4.78 is 56.9. The van der Waals surface area contributed by atoms with Gasteiger partial charge in [0.25, 0.3) is 31.9 Å². The molecule has 2 aliphatic heterocycles. The molecule has 20 nitrogen and oxygen atoms in total. The minimum absolute atomic E-state index is 0.0152. The van der Waals surface area contributed by atoms with Crippen LogP contribution in [0.5, 0.6) is 0 Å². The predicted octanol–water partition coefficient (Wildman–Crippen LogP) is 12.9. The van der Waals surface area contributed by atoms with Crippen molar-refractivity contribution < 1.29 is 36.0 Å². The third kappa shape index (κ3) is 17.6. The SMILES string of the molecule is CN(C)C/C=C/C(=O)Cc1ccc(C(=O)N2CCCC(Nc3ncc(Cl)c(-c4cn(S(=O)(=O)c5ccccc5)c5ccccc45)n3)C2)cc1.Nc1ccc(C(=O)N2CCCC(Nc3ncc(Cl)c(-c4cn(S(=O)(=O)c5ccccc5)c5ccccc45)n3)C2)cc1.O=C(Cl)/C=C/CBr. The van der Waals surface area contributed by atoms with Crippen LogP contribution < -0.4 is 16.4 Å². The second kappa shape index (κ2) is 32.3. The van der Waals surface area contributed by atoms with Crippen molar-refractivity contribution in [2.75, 3.05) is 68.5 Å². The summed E-state index contributed by atoms with van der Waals surface area (Å²) in [5.41, 5.74) is 11.3. The van der Waals surface area contributed by atoms with Crippen molar-refractivity contribution in [2.45, 2.75) is 54.0 Å². The van der Waals surface area contributed by atoms with E-state index in [4.69, 9.17) is 50.5 Å². The lowest BCUT2D eigenvalue weighted by molar-refractivity contribution is -0.114. The molecule has 0 bridgehead atoms. The van der Waals surface area contributed by atoms with Crippen LogP contribution in [0.1, 0.15) is 52.0 Å². The molecule has 6 aromatic carbocycles. The summed E-state index contributed by atoms with van der Waals surface area (Å²) >= 11 is 21.2. The van der Waals surface area contributed by atoms with Crippen molar-refractivity contribution >= 4 is 133 Å². The number of benzene rings is 6. The number of para-hydroxylation sites is 2. The van der Waals surface area contributed by atoms with Crippen LogP contribution in [0, 0.1) is 0 Å². The van der Waals surface area contributed by atoms with Crippen LogP contribution in [0.15, 0.2) is 217 Å². The van der Waals surface area contributed by atoms with E-state index in [2.05, 4.69) is 36.5 Å². The fraction of sp³-hybridized carbons (Fsp3) is 0.211. The zero-order chi connectivity index (χ0) is 68.8. The van der Waals surface area contributed by atoms with Crippen molar-refractivity contribution in [1.29, 1.82) is 0 Å². The molecule has 0 aliphatic carbocycles. The summed E-state index contributed by atoms with van der Waals surface area (Å²) in [6, 6.07) is 44.9. The molecule has 2 unspecified atom stereocenters. The maximum Gasteiger partial charge on any atom is 0.268 e. The Morgan fingerprint density at radius 3 is 1.45 bits per heavy atom. The number of likely N-dealkylation sites (N-methyl/N-ethyl adjacent to an activating group) is 1. The smallest absolute Gasteiger partial charge is 0.268 e. The highest BCUT2D eigenvalue weighted by atomic mass is 79.9. The van der Waals surface area contributed by atoms with Gasteiger partial charge in [-0.15, -0.1) is 0 Å². The van der Waals surface area contributed by atoms with Crippen LogP contribution in [-0.4, -0.2) is 146 Å². The van der Waals surface area contributed by atoms with E-state index in [0.717, 1.165) is 31.2 Å². The van der Waals surface area contributed by atoms with Gasteiger partial charge in [-0.25, -0.2) is 44.7 Å². The first-order valence-electron chi connectivity index (χ1n) is 30.9. The lowest BCUT2D eigenvalue weighted by atomic mass is 10.0. The molecule has 2 atom stereocenters. The van der Waals surface area contributed by atoms with Crippen LogP contribution in [0.2, 0.25) is 10.0 Å². The number of piperidine rings is 2. The van der Waals surface area contributed by atoms with Gasteiger partial charge in [-0.3, -0.25) is 19.2 Å². The topological polar surface area (TPSA) is 258 Å². The number of carbonyl (C=O) groups is 4. The number of anilines is 3. The average molecular weight is 1470 g/mol. The van der Waals surface area contributed by atoms with Crippen LogP contribution in [-0.2, 0) is 36.1 Å². The first-order chi connectivity index (χ1) is 46.7. The Hall–Kier alpha value is -9.07. The number of amides is 2. The number of aromatic nitrogens is 6. The minimum atomic E-state index is -3.89. The number of hydrogen-bond donors (Lipinski definition) is 3. The second-order valence-electron chi connectivity index (χ2n) is 23.1. The van der Waals surface area contributed by atoms with Gasteiger partial charge in [0.1, 0.15) is 0 Å². The van der Waals surface area contributed by atoms with E-state index in [0.29, 0.717) is 116 Å². The van der Waals surface area contributed by atoms with Crippen LogP contribution >= 0.6 is 50.7 Å². The Balaban J connectivity index is 0.000000194. The van der Waals surface area contributed by atoms with Crippen molar-refractivity contribution in [3.63, 3.8) is 0 Å². The van der Waals surface area contributed by atoms with E-state index >= 15 is 0 Å². The normalized spacial score (nSPS) is 15.0. The van der Waals surface area contributed by atoms with E-state index in [1.165, 1.54) is 26.4 Å². The number of likely N-dealkylation sites (tertiary alicyclic amines) is 2. The molecule has 26 heteroatoms. The monoisotopic (exact) mass is 1460 g/mol. The van der Waals surface area contributed by atoms with Crippen LogP contribution in [0.25, 0.3) is 44.3 Å². The number of carbonyl (C=O) groups excluding carboxylic acids is 4. The van der Waals surface area contributed by atoms with Gasteiger partial charge in [0.05, 0.1) is 54.7 Å². The zero-order valence-electron chi connectivity index (χ0n) is 52.8. The molecule has 0 spiro atoms. The molecule has 4 N–H and O–H groups in total. The molecule has 0 saturated carbocycles. The Labute approximate surface area is 586 Å². The molecule has 97 heavy (non-hydrogen) atoms. The Kier molecular flexibility index (Phi) is 23.6. The second-order valence-corrected chi connectivity index (χ2v) is 28.5. The highest BCUT2D eigenvalue weighted by Crippen LogP contribution is 2.38. The molecule has 2 saturated heterocycles. The molecular weight excluding hydrogens is 1400 g/mol. The van der Waals surface area contributed by atoms with Gasteiger partial charge in [-0.2, -0.15) is 0 Å². The number of nitrogens with one attached hydrogen (secondary N) is 2. The number of hydrogen-bond acceptors (Lipinski definition) is 16. The van der Waals surface area contributed by atoms with Gasteiger partial charge in [0.15, 0.2) is 5.78 Å². The Morgan fingerprint density at radius 1 is 0.598 bits per heavy atom. The van der Waals surface area contributed by atoms with Gasteiger partial charge in [0, 0.05) is 108 Å². The zero-order valence-corrected chi connectivity index (χ0v) is 58.2. The van der Waals surface area contributed by atoms with E-state index in [1.807, 2.05) is 71.3 Å². The predicted molar refractivity (Wildman–Crippen MR) is 387 cm³/mol. The fourth-order valence-electron chi connectivity index (χ4n) is 11.2. The van der Waals surface area contributed by atoms with Gasteiger partial charge < -0.3 is 31.1 Å². The van der Waals surface area contributed by atoms with Gasteiger partial charge >= 0.3 is 0 Å². The maximum atomic E-state index is 13.6. The molecular formula is C71H68BrCl3N12O8S2. The number of nitrogens with two attached hydrogens (primary N) is 1. The lowest BCUT2D eigenvalue weighted by Gasteiger charge is -2.33. The number of ketones is 1. The largest absolute Gasteiger partial charge is 0.399 e. The number of nitrogens with zero attached hydrogens (tertiary/aromatic N) is 9. The number of nitrogen functional groups attached to an aromatic ring is 1. The minimum Gasteiger partial charge on any atom is -0.399 e. The molecule has 0 radical (unpaired) electrons. The third-order valence-electron chi connectivity index (χ3n) is 15.9. The standard InChI is InChI=1S/C37H37ClN6O4S.C30H27ClN6O3S.C4H4BrClO/c1-42(2)20-9-11-29(45)22-26-16-18-27(19-17-26)36(46)43-21-8-10-28(24-43)40-37-39-23-33(38)35(41-37)32-25-44(34-15-7-6-14-31(32)34)49(47,48)30-12-4-3-5-13-30;31-26-17-33-30(34-22-7-6-16-36(18-22)29(38)20-12-14-21(32)15-13-20)35-28(26)25-19-37(27-11-5-4-10-24(25)27)41(39,40)23-8-2-1-3-9-23;5-3-1-2-4(6)7/h3-7,9,11-19,23,25,28H,8,10,20-22,24H2,1-2H3,(H,39,40,41);1-5,8-15,17,19,22H,6-7,16,18,32H2,(H,33,34,35);1-2H,3H2/b11-9+;;2-1+. The number of halogens is 4. The van der Waals surface area contributed by atoms with Gasteiger partial charge in [-0.1, -0.05) is 136 Å². The first kappa shape index (κ1) is 70.7. The summed E-state index contributed by atoms with van der Waals surface area (Å²) in [5, 5.41) is 8.91. The van der Waals surface area contributed by atoms with Crippen molar-refractivity contribution in [3.8, 4) is 22.5 Å². The molecule has 4 aromatic heterocycles. The number of alkyl halides is 1. The lowest BCUT2D eigenvalue weighted by Crippen LogP contribution is -2.45. The summed E-state index contributed by atoms with van der Waals surface area (Å²) in [7, 11) is -3.87. The molecule has 2 amide bonds. The van der Waals surface area contributed by atoms with E-state index in [-0.39, 0.29) is 50.9 Å². The van der Waals surface area contributed by atoms with Crippen LogP contribution in [0.4, 0.5) is 17.6 Å². The molecule has 10 aromatic rings. The first-order valence-corrected chi connectivity index (χ1v) is 36.0. The Bertz CT molecular complexity index is 4770. The summed E-state index contributed by atoms with van der Waals surface area (Å²) in [6.45, 7) is 2.91. The number of fused-ring (bicyclic) bond motifs is 2. The molecule has 6 heterocycles. The quantitative estimate of drug-likeness (QED) is 0.0294. The molecule has 12 rings (SSSR count). The number of allylic oxidation sites excluding steroid dienone is 3. The van der Waals surface area contributed by atoms with Crippen molar-refractivity contribution in [1.82, 2.24) is 42.6 Å². The average Bonchev–Trinajstić information content (AvgIpc) is 1.58. The van der Waals surface area contributed by atoms with Crippen molar-refractivity contribution in [2.24, 2.45) is 0 Å². The molecule has 500 valence electrons. The summed E-state index contributed by atoms with van der Waals surface area (Å²) in [6.07, 6.45) is 16.0. The Morgan fingerprint density at radius 2 is 1.03 bits per heavy atom. The highest BCUT2D eigenvalue weighted by molar-refractivity contribution is 9.09. The summed E-state index contributed by atoms with van der Waals surface area (Å²) in [4.78, 5) is 72.9. The maximum absolute atomic E-state index is 13.6. The highest BCUT2D eigenvalue weighted by Gasteiger charge is 2.30. The third-order valence-corrected chi connectivity index (χ3v) is 20.3. The van der Waals surface area contributed by atoms with E-state index in [1.54, 1.807) is 146 Å². The van der Waals surface area contributed by atoms with E-state index < -0.39 is 25.3 Å². The van der Waals surface area contributed by atoms with Crippen LogP contribution in [0.3, 0.4) is 0 Å². The molecule has 2 aliphatic rings. The molecule has 2 fully saturated rings. The van der Waals surface area contributed by atoms with E-state index in [9.17, 15) is 36.0 Å². The fourth-order valence-corrected chi connectivity index (χ4v) is 14.7. The summed E-state index contributed by atoms with van der Waals surface area (Å²) in [5.74, 6) is 0.553. The van der Waals surface area contributed by atoms with Gasteiger partial charge in [-0.05, 0) is 142 Å².